The zero-order valence-corrected chi connectivity index (χ0v) is 22.2. The predicted octanol–water partition coefficient (Wildman–Crippen LogP) is 5.18. The van der Waals surface area contributed by atoms with Gasteiger partial charge in [-0.1, -0.05) is 57.0 Å². The van der Waals surface area contributed by atoms with E-state index in [1.165, 1.54) is 31.4 Å². The van der Waals surface area contributed by atoms with Crippen molar-refractivity contribution in [3.05, 3.63) is 65.7 Å². The van der Waals surface area contributed by atoms with Crippen molar-refractivity contribution in [2.24, 2.45) is 0 Å². The smallest absolute Gasteiger partial charge is 0.238 e. The standard InChI is InChI=1S/C30H42N4O2/c1-4-6-17-34(18-7-5-2)28-14-11-25(12-15-28)13-16-29(35)26-9-8-10-27(23-26)31-30(36)24-33-21-19-32(3)20-22-33/h8-16,23H,4-7,17-22,24H2,1-3H3,(H,31,36). The molecule has 1 heterocycles. The topological polar surface area (TPSA) is 55.9 Å². The molecule has 1 aliphatic rings. The monoisotopic (exact) mass is 490 g/mol. The van der Waals surface area contributed by atoms with E-state index in [0.29, 0.717) is 17.8 Å². The molecule has 1 aliphatic heterocycles. The Hall–Kier alpha value is -2.96. The number of anilines is 2. The zero-order chi connectivity index (χ0) is 25.8. The van der Waals surface area contributed by atoms with Gasteiger partial charge in [0.2, 0.25) is 5.91 Å². The molecule has 0 aromatic heterocycles. The van der Waals surface area contributed by atoms with Gasteiger partial charge in [0.1, 0.15) is 0 Å². The Bertz CT molecular complexity index is 986. The third-order valence-electron chi connectivity index (χ3n) is 6.64. The second-order valence-electron chi connectivity index (χ2n) is 9.69. The normalized spacial score (nSPS) is 14.8. The van der Waals surface area contributed by atoms with E-state index in [1.807, 2.05) is 18.2 Å². The van der Waals surface area contributed by atoms with Crippen LogP contribution in [0.15, 0.2) is 54.6 Å². The number of hydrogen-bond donors (Lipinski definition) is 1. The maximum atomic E-state index is 12.8. The van der Waals surface area contributed by atoms with E-state index in [0.717, 1.165) is 44.8 Å². The van der Waals surface area contributed by atoms with Crippen LogP contribution in [0.3, 0.4) is 0 Å². The molecule has 0 spiro atoms. The molecule has 1 fully saturated rings. The maximum Gasteiger partial charge on any atom is 0.238 e. The number of hydrogen-bond acceptors (Lipinski definition) is 5. The third-order valence-corrected chi connectivity index (χ3v) is 6.64. The van der Waals surface area contributed by atoms with E-state index >= 15 is 0 Å². The first-order valence-electron chi connectivity index (χ1n) is 13.4. The summed E-state index contributed by atoms with van der Waals surface area (Å²) in [6.45, 7) is 10.7. The maximum absolute atomic E-state index is 12.8. The Labute approximate surface area is 217 Å². The Morgan fingerprint density at radius 2 is 1.61 bits per heavy atom. The van der Waals surface area contributed by atoms with Crippen LogP contribution >= 0.6 is 0 Å². The second-order valence-corrected chi connectivity index (χ2v) is 9.69. The lowest BCUT2D eigenvalue weighted by atomic mass is 10.1. The van der Waals surface area contributed by atoms with Gasteiger partial charge in [0.15, 0.2) is 5.78 Å². The Morgan fingerprint density at radius 3 is 2.25 bits per heavy atom. The van der Waals surface area contributed by atoms with Gasteiger partial charge < -0.3 is 15.1 Å². The number of rotatable bonds is 13. The molecule has 36 heavy (non-hydrogen) atoms. The average Bonchev–Trinajstić information content (AvgIpc) is 2.89. The van der Waals surface area contributed by atoms with Crippen molar-refractivity contribution in [1.82, 2.24) is 9.80 Å². The number of benzene rings is 2. The average molecular weight is 491 g/mol. The van der Waals surface area contributed by atoms with Crippen molar-refractivity contribution < 1.29 is 9.59 Å². The third kappa shape index (κ3) is 8.92. The first-order valence-corrected chi connectivity index (χ1v) is 13.4. The molecule has 3 rings (SSSR count). The minimum Gasteiger partial charge on any atom is -0.372 e. The largest absolute Gasteiger partial charge is 0.372 e. The number of carbonyl (C=O) groups is 2. The first kappa shape index (κ1) is 27.6. The van der Waals surface area contributed by atoms with Gasteiger partial charge in [-0.25, -0.2) is 0 Å². The summed E-state index contributed by atoms with van der Waals surface area (Å²) in [5, 5.41) is 2.94. The number of amides is 1. The number of ketones is 1. The highest BCUT2D eigenvalue weighted by atomic mass is 16.2. The van der Waals surface area contributed by atoms with Crippen LogP contribution in [0.25, 0.3) is 6.08 Å². The van der Waals surface area contributed by atoms with Gasteiger partial charge in [-0.2, -0.15) is 0 Å². The number of unbranched alkanes of at least 4 members (excludes halogenated alkanes) is 2. The molecule has 0 unspecified atom stereocenters. The number of nitrogens with zero attached hydrogens (tertiary/aromatic N) is 3. The van der Waals surface area contributed by atoms with E-state index in [2.05, 4.69) is 65.2 Å². The lowest BCUT2D eigenvalue weighted by Crippen LogP contribution is -2.47. The molecule has 1 saturated heterocycles. The van der Waals surface area contributed by atoms with Crippen molar-refractivity contribution in [2.75, 3.05) is 63.1 Å². The van der Waals surface area contributed by atoms with E-state index in [4.69, 9.17) is 0 Å². The lowest BCUT2D eigenvalue weighted by molar-refractivity contribution is -0.117. The van der Waals surface area contributed by atoms with Gasteiger partial charge in [-0.3, -0.25) is 14.5 Å². The molecular weight excluding hydrogens is 448 g/mol. The highest BCUT2D eigenvalue weighted by Crippen LogP contribution is 2.18. The van der Waals surface area contributed by atoms with Crippen LogP contribution in [0.2, 0.25) is 0 Å². The minimum atomic E-state index is -0.0817. The molecule has 6 nitrogen and oxygen atoms in total. The Balaban J connectivity index is 1.56. The number of likely N-dealkylation sites (N-methyl/N-ethyl adjacent to an activating group) is 1. The van der Waals surface area contributed by atoms with Crippen molar-refractivity contribution in [3.8, 4) is 0 Å². The molecule has 6 heteroatoms. The fourth-order valence-corrected chi connectivity index (χ4v) is 4.29. The van der Waals surface area contributed by atoms with Crippen molar-refractivity contribution in [3.63, 3.8) is 0 Å². The summed E-state index contributed by atoms with van der Waals surface area (Å²) in [7, 11) is 2.10. The molecule has 0 bridgehead atoms. The van der Waals surface area contributed by atoms with Gasteiger partial charge in [0.25, 0.3) is 0 Å². The van der Waals surface area contributed by atoms with Gasteiger partial charge in [0.05, 0.1) is 6.54 Å². The second kappa shape index (κ2) is 14.6. The van der Waals surface area contributed by atoms with Gasteiger partial charge >= 0.3 is 0 Å². The highest BCUT2D eigenvalue weighted by molar-refractivity contribution is 6.07. The Morgan fingerprint density at radius 1 is 0.944 bits per heavy atom. The van der Waals surface area contributed by atoms with Crippen molar-refractivity contribution in [2.45, 2.75) is 39.5 Å². The fraction of sp³-hybridized carbons (Fsp3) is 0.467. The summed E-state index contributed by atoms with van der Waals surface area (Å²) in [5.41, 5.74) is 3.44. The van der Waals surface area contributed by atoms with E-state index < -0.39 is 0 Å². The van der Waals surface area contributed by atoms with E-state index in [-0.39, 0.29) is 11.7 Å². The fourth-order valence-electron chi connectivity index (χ4n) is 4.29. The van der Waals surface area contributed by atoms with Crippen LogP contribution in [-0.2, 0) is 4.79 Å². The Kier molecular flexibility index (Phi) is 11.2. The summed E-state index contributed by atoms with van der Waals surface area (Å²) >= 11 is 0. The predicted molar refractivity (Wildman–Crippen MR) is 151 cm³/mol. The molecule has 0 radical (unpaired) electrons. The highest BCUT2D eigenvalue weighted by Gasteiger charge is 2.16. The van der Waals surface area contributed by atoms with Crippen molar-refractivity contribution in [1.29, 1.82) is 0 Å². The molecule has 1 N–H and O–H groups in total. The summed E-state index contributed by atoms with van der Waals surface area (Å²) in [6, 6.07) is 15.6. The zero-order valence-electron chi connectivity index (χ0n) is 22.2. The van der Waals surface area contributed by atoms with Crippen LogP contribution in [0.4, 0.5) is 11.4 Å². The number of piperazine rings is 1. The molecule has 194 valence electrons. The van der Waals surface area contributed by atoms with Crippen LogP contribution in [0, 0.1) is 0 Å². The van der Waals surface area contributed by atoms with E-state index in [9.17, 15) is 9.59 Å². The summed E-state index contributed by atoms with van der Waals surface area (Å²) < 4.78 is 0. The number of carbonyl (C=O) groups excluding carboxylic acids is 2. The summed E-state index contributed by atoms with van der Waals surface area (Å²) in [4.78, 5) is 32.1. The molecule has 1 amide bonds. The summed E-state index contributed by atoms with van der Waals surface area (Å²) in [5.74, 6) is -0.131. The van der Waals surface area contributed by atoms with Gasteiger partial charge in [-0.05, 0) is 55.8 Å². The van der Waals surface area contributed by atoms with E-state index in [1.54, 1.807) is 18.2 Å². The first-order chi connectivity index (χ1) is 17.5. The molecule has 0 aliphatic carbocycles. The van der Waals surface area contributed by atoms with Crippen molar-refractivity contribution >= 4 is 29.1 Å². The van der Waals surface area contributed by atoms with Crippen LogP contribution in [0.5, 0.6) is 0 Å². The van der Waals surface area contributed by atoms with Crippen LogP contribution < -0.4 is 10.2 Å². The molecular formula is C30H42N4O2. The van der Waals surface area contributed by atoms with Gasteiger partial charge in [-0.15, -0.1) is 0 Å². The number of nitrogens with one attached hydrogen (secondary N) is 1. The minimum absolute atomic E-state index is 0.0494. The van der Waals surface area contributed by atoms with Crippen LogP contribution in [0.1, 0.15) is 55.5 Å². The SMILES string of the molecule is CCCCN(CCCC)c1ccc(C=CC(=O)c2cccc(NC(=O)CN3CCN(C)CC3)c2)cc1. The van der Waals surface area contributed by atoms with Crippen LogP contribution in [-0.4, -0.2) is 74.4 Å². The lowest BCUT2D eigenvalue weighted by Gasteiger charge is -2.31. The quantitative estimate of drug-likeness (QED) is 0.310. The molecule has 0 saturated carbocycles. The number of allylic oxidation sites excluding steroid dienone is 1. The summed E-state index contributed by atoms with van der Waals surface area (Å²) in [6.07, 6.45) is 8.21. The molecule has 2 aromatic rings. The van der Waals surface area contributed by atoms with Gasteiger partial charge in [0, 0.05) is 56.2 Å². The molecule has 2 aromatic carbocycles. The molecule has 0 atom stereocenters.